The second kappa shape index (κ2) is 6.54. The molecule has 0 bridgehead atoms. The van der Waals surface area contributed by atoms with Gasteiger partial charge in [-0.1, -0.05) is 30.8 Å². The van der Waals surface area contributed by atoms with Crippen molar-refractivity contribution in [3.05, 3.63) is 70.9 Å². The van der Waals surface area contributed by atoms with Gasteiger partial charge in [-0.25, -0.2) is 0 Å². The smallest absolute Gasteiger partial charge is 0.279 e. The SMILES string of the molecule is C=C(NNC(=O)c1cccs1)c1ccc2cc(OC)ccc2c1. The van der Waals surface area contributed by atoms with Crippen molar-refractivity contribution in [2.75, 3.05) is 7.11 Å². The molecule has 0 fully saturated rings. The molecule has 0 saturated carbocycles. The van der Waals surface area contributed by atoms with Crippen molar-refractivity contribution in [2.24, 2.45) is 0 Å². The fourth-order valence-corrected chi connectivity index (χ4v) is 2.83. The largest absolute Gasteiger partial charge is 0.497 e. The van der Waals surface area contributed by atoms with Crippen LogP contribution in [0.3, 0.4) is 0 Å². The molecule has 0 aliphatic rings. The second-order valence-electron chi connectivity index (χ2n) is 4.96. The highest BCUT2D eigenvalue weighted by atomic mass is 32.1. The molecule has 0 radical (unpaired) electrons. The monoisotopic (exact) mass is 324 g/mol. The van der Waals surface area contributed by atoms with Crippen molar-refractivity contribution in [2.45, 2.75) is 0 Å². The first-order valence-electron chi connectivity index (χ1n) is 7.04. The van der Waals surface area contributed by atoms with E-state index in [2.05, 4.69) is 17.4 Å². The highest BCUT2D eigenvalue weighted by molar-refractivity contribution is 7.12. The molecule has 0 atom stereocenters. The van der Waals surface area contributed by atoms with Crippen LogP contribution in [-0.2, 0) is 0 Å². The average Bonchev–Trinajstić information content (AvgIpc) is 3.13. The first-order chi connectivity index (χ1) is 11.2. The van der Waals surface area contributed by atoms with E-state index in [0.29, 0.717) is 10.6 Å². The summed E-state index contributed by atoms with van der Waals surface area (Å²) in [4.78, 5) is 12.6. The molecule has 0 spiro atoms. The van der Waals surface area contributed by atoms with Crippen LogP contribution in [0.1, 0.15) is 15.2 Å². The number of hydrogen-bond acceptors (Lipinski definition) is 4. The first-order valence-corrected chi connectivity index (χ1v) is 7.92. The van der Waals surface area contributed by atoms with Gasteiger partial charge in [0.15, 0.2) is 0 Å². The minimum absolute atomic E-state index is 0.174. The van der Waals surface area contributed by atoms with Gasteiger partial charge in [0.05, 0.1) is 17.7 Å². The van der Waals surface area contributed by atoms with E-state index in [4.69, 9.17) is 4.74 Å². The molecule has 0 aliphatic heterocycles. The van der Waals surface area contributed by atoms with E-state index in [1.165, 1.54) is 11.3 Å². The number of rotatable bonds is 5. The Hall–Kier alpha value is -2.79. The van der Waals surface area contributed by atoms with E-state index >= 15 is 0 Å². The average molecular weight is 324 g/mol. The number of hydrazine groups is 1. The maximum Gasteiger partial charge on any atom is 0.279 e. The standard InChI is InChI=1S/C18H16N2O2S/c1-12(19-20-18(21)17-4-3-9-23-17)13-5-6-15-11-16(22-2)8-7-14(15)10-13/h3-11,19H,1H2,2H3,(H,20,21). The van der Waals surface area contributed by atoms with Crippen LogP contribution in [0.15, 0.2) is 60.5 Å². The molecule has 0 aliphatic carbocycles. The van der Waals surface area contributed by atoms with Gasteiger partial charge in [-0.3, -0.25) is 15.6 Å². The van der Waals surface area contributed by atoms with Gasteiger partial charge in [-0.2, -0.15) is 0 Å². The Morgan fingerprint density at radius 3 is 2.61 bits per heavy atom. The Bertz CT molecular complexity index is 857. The van der Waals surface area contributed by atoms with E-state index in [1.54, 1.807) is 13.2 Å². The lowest BCUT2D eigenvalue weighted by Crippen LogP contribution is -2.35. The van der Waals surface area contributed by atoms with Crippen molar-refractivity contribution in [3.63, 3.8) is 0 Å². The number of nitrogens with one attached hydrogen (secondary N) is 2. The Labute approximate surface area is 138 Å². The zero-order valence-corrected chi connectivity index (χ0v) is 13.4. The van der Waals surface area contributed by atoms with Crippen molar-refractivity contribution >= 4 is 33.7 Å². The molecule has 3 rings (SSSR count). The molecule has 5 heteroatoms. The lowest BCUT2D eigenvalue weighted by Gasteiger charge is -2.11. The summed E-state index contributed by atoms with van der Waals surface area (Å²) >= 11 is 1.39. The van der Waals surface area contributed by atoms with Gasteiger partial charge in [0.1, 0.15) is 5.75 Å². The fraction of sp³-hybridized carbons (Fsp3) is 0.0556. The highest BCUT2D eigenvalue weighted by Crippen LogP contribution is 2.23. The fourth-order valence-electron chi connectivity index (χ4n) is 2.21. The molecule has 0 unspecified atom stereocenters. The third kappa shape index (κ3) is 3.35. The summed E-state index contributed by atoms with van der Waals surface area (Å²) < 4.78 is 5.22. The number of benzene rings is 2. The number of ether oxygens (including phenoxy) is 1. The molecular formula is C18H16N2O2S. The summed E-state index contributed by atoms with van der Waals surface area (Å²) in [6, 6.07) is 15.5. The highest BCUT2D eigenvalue weighted by Gasteiger charge is 2.07. The Morgan fingerprint density at radius 2 is 1.87 bits per heavy atom. The van der Waals surface area contributed by atoms with Gasteiger partial charge in [0.2, 0.25) is 0 Å². The molecule has 23 heavy (non-hydrogen) atoms. The van der Waals surface area contributed by atoms with Crippen LogP contribution in [0.25, 0.3) is 16.5 Å². The maximum atomic E-state index is 11.9. The number of fused-ring (bicyclic) bond motifs is 1. The molecule has 0 saturated heterocycles. The first kappa shape index (κ1) is 15.1. The van der Waals surface area contributed by atoms with E-state index in [9.17, 15) is 4.79 Å². The van der Waals surface area contributed by atoms with Crippen LogP contribution in [0.5, 0.6) is 5.75 Å². The molecule has 3 aromatic rings. The number of methoxy groups -OCH3 is 1. The molecule has 1 heterocycles. The number of carbonyl (C=O) groups excluding carboxylic acids is 1. The van der Waals surface area contributed by atoms with Crippen LogP contribution < -0.4 is 15.6 Å². The minimum Gasteiger partial charge on any atom is -0.497 e. The van der Waals surface area contributed by atoms with E-state index in [0.717, 1.165) is 22.1 Å². The van der Waals surface area contributed by atoms with Gasteiger partial charge < -0.3 is 4.74 Å². The zero-order valence-electron chi connectivity index (χ0n) is 12.6. The minimum atomic E-state index is -0.174. The molecule has 116 valence electrons. The number of amides is 1. The maximum absolute atomic E-state index is 11.9. The topological polar surface area (TPSA) is 50.4 Å². The molecule has 2 N–H and O–H groups in total. The van der Waals surface area contributed by atoms with Gasteiger partial charge in [0.25, 0.3) is 5.91 Å². The van der Waals surface area contributed by atoms with Crippen molar-refractivity contribution in [1.82, 2.24) is 10.9 Å². The third-order valence-corrected chi connectivity index (χ3v) is 4.34. The van der Waals surface area contributed by atoms with Gasteiger partial charge >= 0.3 is 0 Å². The van der Waals surface area contributed by atoms with Crippen LogP contribution in [0.4, 0.5) is 0 Å². The van der Waals surface area contributed by atoms with Crippen molar-refractivity contribution in [1.29, 1.82) is 0 Å². The predicted molar refractivity (Wildman–Crippen MR) is 94.5 cm³/mol. The Balaban J connectivity index is 1.72. The van der Waals surface area contributed by atoms with Crippen LogP contribution >= 0.6 is 11.3 Å². The van der Waals surface area contributed by atoms with E-state index in [-0.39, 0.29) is 5.91 Å². The molecule has 1 aromatic heterocycles. The van der Waals surface area contributed by atoms with Crippen LogP contribution in [0, 0.1) is 0 Å². The summed E-state index contributed by atoms with van der Waals surface area (Å²) in [6.45, 7) is 3.97. The Morgan fingerprint density at radius 1 is 1.09 bits per heavy atom. The lowest BCUT2D eigenvalue weighted by atomic mass is 10.1. The molecule has 4 nitrogen and oxygen atoms in total. The van der Waals surface area contributed by atoms with Gasteiger partial charge in [-0.15, -0.1) is 11.3 Å². The van der Waals surface area contributed by atoms with Gasteiger partial charge in [0, 0.05) is 0 Å². The van der Waals surface area contributed by atoms with E-state index < -0.39 is 0 Å². The Kier molecular flexibility index (Phi) is 4.30. The molecule has 2 aromatic carbocycles. The number of thiophene rings is 1. The number of hydrogen-bond donors (Lipinski definition) is 2. The summed E-state index contributed by atoms with van der Waals surface area (Å²) in [6.07, 6.45) is 0. The normalized spacial score (nSPS) is 10.3. The van der Waals surface area contributed by atoms with E-state index in [1.807, 2.05) is 47.8 Å². The molecule has 1 amide bonds. The predicted octanol–water partition coefficient (Wildman–Crippen LogP) is 3.82. The van der Waals surface area contributed by atoms with Crippen molar-refractivity contribution < 1.29 is 9.53 Å². The summed E-state index contributed by atoms with van der Waals surface area (Å²) in [5.41, 5.74) is 7.06. The van der Waals surface area contributed by atoms with Crippen LogP contribution in [0.2, 0.25) is 0 Å². The summed E-state index contributed by atoms with van der Waals surface area (Å²) in [7, 11) is 1.65. The zero-order chi connectivity index (χ0) is 16.2. The number of carbonyl (C=O) groups is 1. The van der Waals surface area contributed by atoms with Gasteiger partial charge in [-0.05, 0) is 46.0 Å². The summed E-state index contributed by atoms with van der Waals surface area (Å²) in [5, 5.41) is 4.03. The second-order valence-corrected chi connectivity index (χ2v) is 5.91. The summed E-state index contributed by atoms with van der Waals surface area (Å²) in [5.74, 6) is 0.650. The molecular weight excluding hydrogens is 308 g/mol. The lowest BCUT2D eigenvalue weighted by molar-refractivity contribution is 0.0946. The quantitative estimate of drug-likeness (QED) is 0.702. The third-order valence-electron chi connectivity index (χ3n) is 3.47. The van der Waals surface area contributed by atoms with Crippen molar-refractivity contribution in [3.8, 4) is 5.75 Å². The van der Waals surface area contributed by atoms with Crippen LogP contribution in [-0.4, -0.2) is 13.0 Å².